The third-order valence-corrected chi connectivity index (χ3v) is 4.12. The predicted molar refractivity (Wildman–Crippen MR) is 52.0 cm³/mol. The van der Waals surface area contributed by atoms with Crippen LogP contribution in [0.3, 0.4) is 0 Å². The summed E-state index contributed by atoms with van der Waals surface area (Å²) in [6, 6.07) is 5.81. The summed E-state index contributed by atoms with van der Waals surface area (Å²) in [5, 5.41) is 0. The summed E-state index contributed by atoms with van der Waals surface area (Å²) in [6.45, 7) is 0.767. The van der Waals surface area contributed by atoms with Crippen LogP contribution in [-0.4, -0.2) is 15.6 Å². The molecule has 1 aliphatic heterocycles. The number of rotatable bonds is 0. The topological polar surface area (TPSA) is 20.3 Å². The van der Waals surface area contributed by atoms with Gasteiger partial charge in [-0.25, -0.2) is 8.51 Å². The molecule has 0 N–H and O–H groups in total. The fraction of sp³-hybridized carbons (Fsp3) is 0.250. The Morgan fingerprint density at radius 1 is 1.58 bits per heavy atom. The first-order valence-corrected chi connectivity index (χ1v) is 5.50. The van der Waals surface area contributed by atoms with Crippen molar-refractivity contribution in [1.82, 2.24) is 4.31 Å². The average molecular weight is 246 g/mol. The first-order chi connectivity index (χ1) is 5.70. The minimum Gasteiger partial charge on any atom is -0.237 e. The highest BCUT2D eigenvalue weighted by Crippen LogP contribution is 2.31. The third kappa shape index (κ3) is 1.14. The molecule has 0 saturated carbocycles. The van der Waals surface area contributed by atoms with Crippen LogP contribution in [-0.2, 0) is 17.5 Å². The average Bonchev–Trinajstić information content (AvgIpc) is 2.32. The van der Waals surface area contributed by atoms with Crippen molar-refractivity contribution in [2.75, 3.05) is 7.05 Å². The molecule has 64 valence electrons. The zero-order chi connectivity index (χ0) is 8.72. The molecule has 0 spiro atoms. The maximum absolute atomic E-state index is 11.6. The lowest BCUT2D eigenvalue weighted by molar-refractivity contribution is 0.541. The molecule has 0 fully saturated rings. The molecular formula is C8H8BrNOS. The lowest BCUT2D eigenvalue weighted by Crippen LogP contribution is -2.11. The van der Waals surface area contributed by atoms with Gasteiger partial charge in [-0.05, 0) is 17.7 Å². The standard InChI is InChI=1S/C8H8BrNOS/c1-10-5-6-7(9)3-2-4-8(6)12(10)11/h2-4H,5H2,1H3. The summed E-state index contributed by atoms with van der Waals surface area (Å²) in [6.07, 6.45) is 0. The quantitative estimate of drug-likeness (QED) is 0.684. The van der Waals surface area contributed by atoms with E-state index >= 15 is 0 Å². The third-order valence-electron chi connectivity index (χ3n) is 1.93. The minimum absolute atomic E-state index is 0.767. The van der Waals surface area contributed by atoms with E-state index in [1.54, 1.807) is 0 Å². The Hall–Kier alpha value is -0.190. The van der Waals surface area contributed by atoms with Gasteiger partial charge in [0, 0.05) is 18.1 Å². The Balaban J connectivity index is 2.61. The molecule has 4 heteroatoms. The van der Waals surface area contributed by atoms with Crippen LogP contribution in [0.2, 0.25) is 0 Å². The van der Waals surface area contributed by atoms with Crippen LogP contribution in [0.4, 0.5) is 0 Å². The Bertz CT molecular complexity index is 353. The van der Waals surface area contributed by atoms with Gasteiger partial charge in [-0.3, -0.25) is 0 Å². The van der Waals surface area contributed by atoms with Crippen molar-refractivity contribution in [3.05, 3.63) is 28.2 Å². The second kappa shape index (κ2) is 2.94. The van der Waals surface area contributed by atoms with Crippen LogP contribution in [0, 0.1) is 0 Å². The zero-order valence-electron chi connectivity index (χ0n) is 6.58. The van der Waals surface area contributed by atoms with Crippen LogP contribution in [0.25, 0.3) is 0 Å². The molecule has 1 aliphatic rings. The van der Waals surface area contributed by atoms with Crippen LogP contribution in [0.15, 0.2) is 27.6 Å². The molecule has 1 atom stereocenters. The molecule has 0 bridgehead atoms. The Labute approximate surface area is 82.3 Å². The number of hydrogen-bond acceptors (Lipinski definition) is 1. The largest absolute Gasteiger partial charge is 0.237 e. The van der Waals surface area contributed by atoms with Crippen LogP contribution in [0.1, 0.15) is 5.56 Å². The van der Waals surface area contributed by atoms with E-state index in [0.29, 0.717) is 0 Å². The number of halogens is 1. The smallest absolute Gasteiger partial charge is 0.128 e. The van der Waals surface area contributed by atoms with Gasteiger partial charge in [0.25, 0.3) is 0 Å². The monoisotopic (exact) mass is 245 g/mol. The van der Waals surface area contributed by atoms with E-state index < -0.39 is 11.0 Å². The normalized spacial score (nSPS) is 22.7. The molecule has 2 nitrogen and oxygen atoms in total. The van der Waals surface area contributed by atoms with E-state index in [4.69, 9.17) is 0 Å². The Morgan fingerprint density at radius 2 is 2.33 bits per heavy atom. The van der Waals surface area contributed by atoms with E-state index in [0.717, 1.165) is 21.5 Å². The van der Waals surface area contributed by atoms with Crippen molar-refractivity contribution in [3.63, 3.8) is 0 Å². The van der Waals surface area contributed by atoms with Crippen molar-refractivity contribution >= 4 is 26.9 Å². The molecule has 1 aromatic carbocycles. The summed E-state index contributed by atoms with van der Waals surface area (Å²) in [4.78, 5) is 0.937. The lowest BCUT2D eigenvalue weighted by Gasteiger charge is -2.01. The number of nitrogens with zero attached hydrogens (tertiary/aromatic N) is 1. The summed E-state index contributed by atoms with van der Waals surface area (Å²) in [5.74, 6) is 0. The SMILES string of the molecule is CN1Cc2c(Br)cccc2S1=O. The molecular weight excluding hydrogens is 238 g/mol. The van der Waals surface area contributed by atoms with Gasteiger partial charge in [-0.2, -0.15) is 0 Å². The minimum atomic E-state index is -0.949. The van der Waals surface area contributed by atoms with Gasteiger partial charge >= 0.3 is 0 Å². The number of hydrogen-bond donors (Lipinski definition) is 0. The van der Waals surface area contributed by atoms with Gasteiger partial charge in [-0.15, -0.1) is 0 Å². The van der Waals surface area contributed by atoms with E-state index in [-0.39, 0.29) is 0 Å². The predicted octanol–water partition coefficient (Wildman–Crippen LogP) is 1.92. The van der Waals surface area contributed by atoms with Crippen molar-refractivity contribution in [1.29, 1.82) is 0 Å². The molecule has 0 amide bonds. The molecule has 0 radical (unpaired) electrons. The van der Waals surface area contributed by atoms with Crippen molar-refractivity contribution < 1.29 is 4.21 Å². The Morgan fingerprint density at radius 3 is 3.00 bits per heavy atom. The molecule has 1 heterocycles. The fourth-order valence-electron chi connectivity index (χ4n) is 1.31. The van der Waals surface area contributed by atoms with Gasteiger partial charge in [0.05, 0.1) is 4.90 Å². The molecule has 2 rings (SSSR count). The second-order valence-electron chi connectivity index (χ2n) is 2.75. The van der Waals surface area contributed by atoms with E-state index in [1.807, 2.05) is 29.6 Å². The summed E-state index contributed by atoms with van der Waals surface area (Å²) >= 11 is 3.44. The van der Waals surface area contributed by atoms with Crippen molar-refractivity contribution in [2.45, 2.75) is 11.4 Å². The number of benzene rings is 1. The molecule has 1 unspecified atom stereocenters. The first kappa shape index (κ1) is 8.41. The highest BCUT2D eigenvalue weighted by molar-refractivity contribution is 9.10. The summed E-state index contributed by atoms with van der Waals surface area (Å²) in [7, 11) is 0.914. The van der Waals surface area contributed by atoms with Gasteiger partial charge in [0.2, 0.25) is 0 Å². The highest BCUT2D eigenvalue weighted by atomic mass is 79.9. The van der Waals surface area contributed by atoms with Crippen molar-refractivity contribution in [2.24, 2.45) is 0 Å². The van der Waals surface area contributed by atoms with Gasteiger partial charge in [-0.1, -0.05) is 22.0 Å². The molecule has 1 aromatic rings. The van der Waals surface area contributed by atoms with Gasteiger partial charge < -0.3 is 0 Å². The zero-order valence-corrected chi connectivity index (χ0v) is 8.98. The molecule has 0 aliphatic carbocycles. The second-order valence-corrected chi connectivity index (χ2v) is 5.17. The van der Waals surface area contributed by atoms with Crippen molar-refractivity contribution in [3.8, 4) is 0 Å². The molecule has 0 aromatic heterocycles. The maximum Gasteiger partial charge on any atom is 0.128 e. The lowest BCUT2D eigenvalue weighted by atomic mass is 10.2. The van der Waals surface area contributed by atoms with Crippen LogP contribution >= 0.6 is 15.9 Å². The maximum atomic E-state index is 11.6. The highest BCUT2D eigenvalue weighted by Gasteiger charge is 2.24. The first-order valence-electron chi connectivity index (χ1n) is 3.60. The summed E-state index contributed by atoms with van der Waals surface area (Å²) < 4.78 is 14.4. The van der Waals surface area contributed by atoms with Crippen LogP contribution in [0.5, 0.6) is 0 Å². The summed E-state index contributed by atoms with van der Waals surface area (Å²) in [5.41, 5.74) is 1.15. The Kier molecular flexibility index (Phi) is 2.06. The number of fused-ring (bicyclic) bond motifs is 1. The molecule has 0 saturated heterocycles. The fourth-order valence-corrected chi connectivity index (χ4v) is 3.09. The van der Waals surface area contributed by atoms with Gasteiger partial charge in [0.1, 0.15) is 11.0 Å². The van der Waals surface area contributed by atoms with E-state index in [9.17, 15) is 4.21 Å². The van der Waals surface area contributed by atoms with E-state index in [2.05, 4.69) is 15.9 Å². The van der Waals surface area contributed by atoms with Crippen LogP contribution < -0.4 is 0 Å². The molecule has 12 heavy (non-hydrogen) atoms. The van der Waals surface area contributed by atoms with E-state index in [1.165, 1.54) is 0 Å². The van der Waals surface area contributed by atoms with Gasteiger partial charge in [0.15, 0.2) is 0 Å².